The van der Waals surface area contributed by atoms with Gasteiger partial charge < -0.3 is 9.47 Å². The third-order valence-corrected chi connectivity index (χ3v) is 3.73. The van der Waals surface area contributed by atoms with Crippen molar-refractivity contribution < 1.29 is 9.47 Å². The Hall–Kier alpha value is -1.48. The van der Waals surface area contributed by atoms with Gasteiger partial charge in [0.2, 0.25) is 0 Å². The third kappa shape index (κ3) is 2.42. The number of aromatic nitrogens is 1. The van der Waals surface area contributed by atoms with Crippen LogP contribution < -0.4 is 9.47 Å². The summed E-state index contributed by atoms with van der Waals surface area (Å²) in [6.45, 7) is 7.75. The van der Waals surface area contributed by atoms with Crippen molar-refractivity contribution in [2.75, 3.05) is 13.2 Å². The summed E-state index contributed by atoms with van der Waals surface area (Å²) in [7, 11) is 0. The van der Waals surface area contributed by atoms with Crippen LogP contribution >= 0.6 is 11.6 Å². The van der Waals surface area contributed by atoms with E-state index in [1.165, 1.54) is 0 Å². The van der Waals surface area contributed by atoms with Crippen molar-refractivity contribution in [2.24, 2.45) is 0 Å². The fraction of sp³-hybridized carbons (Fsp3) is 0.438. The van der Waals surface area contributed by atoms with E-state index in [4.69, 9.17) is 21.1 Å². The van der Waals surface area contributed by atoms with Crippen molar-refractivity contribution in [3.8, 4) is 11.5 Å². The van der Waals surface area contributed by atoms with Gasteiger partial charge in [-0.15, -0.1) is 0 Å². The van der Waals surface area contributed by atoms with E-state index in [-0.39, 0.29) is 5.41 Å². The molecule has 1 aromatic heterocycles. The molecule has 0 saturated carbocycles. The first-order valence-corrected chi connectivity index (χ1v) is 7.23. The molecule has 0 aliphatic carbocycles. The summed E-state index contributed by atoms with van der Waals surface area (Å²) in [6.07, 6.45) is 0.895. The van der Waals surface area contributed by atoms with Crippen LogP contribution in [0.2, 0.25) is 5.15 Å². The molecule has 2 heterocycles. The maximum atomic E-state index is 6.32. The van der Waals surface area contributed by atoms with Crippen LogP contribution in [-0.2, 0) is 5.41 Å². The number of hydrogen-bond acceptors (Lipinski definition) is 3. The van der Waals surface area contributed by atoms with E-state index in [9.17, 15) is 0 Å². The molecule has 0 saturated heterocycles. The summed E-state index contributed by atoms with van der Waals surface area (Å²) in [6, 6.07) is 6.00. The lowest BCUT2D eigenvalue weighted by Gasteiger charge is -2.20. The zero-order valence-electron chi connectivity index (χ0n) is 12.0. The molecule has 0 unspecified atom stereocenters. The molecule has 0 atom stereocenters. The number of benzene rings is 1. The highest BCUT2D eigenvalue weighted by Crippen LogP contribution is 2.37. The quantitative estimate of drug-likeness (QED) is 0.676. The molecule has 0 N–H and O–H groups in total. The van der Waals surface area contributed by atoms with Crippen molar-refractivity contribution in [1.82, 2.24) is 4.98 Å². The molecule has 0 fully saturated rings. The minimum atomic E-state index is -0.0393. The fourth-order valence-corrected chi connectivity index (χ4v) is 2.76. The largest absolute Gasteiger partial charge is 0.490 e. The highest BCUT2D eigenvalue weighted by atomic mass is 35.5. The second-order valence-electron chi connectivity index (χ2n) is 6.12. The third-order valence-electron chi connectivity index (χ3n) is 3.45. The summed E-state index contributed by atoms with van der Waals surface area (Å²) in [5.74, 6) is 1.54. The predicted octanol–water partition coefficient (Wildman–Crippen LogP) is 4.35. The van der Waals surface area contributed by atoms with Crippen LogP contribution in [0.4, 0.5) is 0 Å². The molecule has 1 aliphatic heterocycles. The second kappa shape index (κ2) is 4.81. The second-order valence-corrected chi connectivity index (χ2v) is 6.48. The van der Waals surface area contributed by atoms with Gasteiger partial charge >= 0.3 is 0 Å². The Morgan fingerprint density at radius 1 is 1.05 bits per heavy atom. The first-order chi connectivity index (χ1) is 9.45. The van der Waals surface area contributed by atoms with E-state index in [2.05, 4.69) is 31.8 Å². The van der Waals surface area contributed by atoms with Gasteiger partial charge in [-0.1, -0.05) is 32.4 Å². The highest BCUT2D eigenvalue weighted by molar-refractivity contribution is 6.30. The van der Waals surface area contributed by atoms with Gasteiger partial charge in [-0.2, -0.15) is 0 Å². The molecule has 4 heteroatoms. The van der Waals surface area contributed by atoms with Crippen LogP contribution in [0.5, 0.6) is 11.5 Å². The lowest BCUT2D eigenvalue weighted by molar-refractivity contribution is 0.297. The Labute approximate surface area is 123 Å². The Morgan fingerprint density at radius 2 is 1.70 bits per heavy atom. The van der Waals surface area contributed by atoms with E-state index in [0.717, 1.165) is 34.4 Å². The van der Waals surface area contributed by atoms with Crippen molar-refractivity contribution in [1.29, 1.82) is 0 Å². The zero-order valence-corrected chi connectivity index (χ0v) is 12.8. The van der Waals surface area contributed by atoms with E-state index >= 15 is 0 Å². The van der Waals surface area contributed by atoms with E-state index < -0.39 is 0 Å². The van der Waals surface area contributed by atoms with Crippen molar-refractivity contribution in [2.45, 2.75) is 32.6 Å². The van der Waals surface area contributed by atoms with Crippen LogP contribution in [0.25, 0.3) is 10.9 Å². The number of nitrogens with zero attached hydrogens (tertiary/aromatic N) is 1. The Kier molecular flexibility index (Phi) is 3.25. The van der Waals surface area contributed by atoms with Crippen LogP contribution in [0, 0.1) is 0 Å². The lowest BCUT2D eigenvalue weighted by Crippen LogP contribution is -2.12. The molecule has 2 aromatic rings. The zero-order chi connectivity index (χ0) is 14.3. The molecule has 20 heavy (non-hydrogen) atoms. The van der Waals surface area contributed by atoms with Gasteiger partial charge in [-0.3, -0.25) is 0 Å². The van der Waals surface area contributed by atoms with Gasteiger partial charge in [-0.05, 0) is 23.1 Å². The van der Waals surface area contributed by atoms with Crippen LogP contribution in [0.15, 0.2) is 18.2 Å². The van der Waals surface area contributed by atoms with Crippen LogP contribution in [0.3, 0.4) is 0 Å². The first kappa shape index (κ1) is 13.5. The average Bonchev–Trinajstić information content (AvgIpc) is 2.58. The molecule has 1 aromatic carbocycles. The van der Waals surface area contributed by atoms with Crippen molar-refractivity contribution in [3.05, 3.63) is 28.9 Å². The number of ether oxygens (including phenoxy) is 2. The van der Waals surface area contributed by atoms with E-state index in [0.29, 0.717) is 18.4 Å². The van der Waals surface area contributed by atoms with Crippen molar-refractivity contribution >= 4 is 22.5 Å². The van der Waals surface area contributed by atoms with Gasteiger partial charge in [0, 0.05) is 17.9 Å². The monoisotopic (exact) mass is 291 g/mol. The Bertz CT molecular complexity index is 662. The van der Waals surface area contributed by atoms with E-state index in [1.807, 2.05) is 12.1 Å². The van der Waals surface area contributed by atoms with Gasteiger partial charge in [0.05, 0.1) is 18.7 Å². The molecule has 0 radical (unpaired) electrons. The number of rotatable bonds is 0. The summed E-state index contributed by atoms with van der Waals surface area (Å²) in [5.41, 5.74) is 1.84. The number of hydrogen-bond donors (Lipinski definition) is 0. The summed E-state index contributed by atoms with van der Waals surface area (Å²) < 4.78 is 11.4. The molecule has 106 valence electrons. The molecular formula is C16H18ClNO2. The Balaban J connectivity index is 2.19. The maximum Gasteiger partial charge on any atom is 0.163 e. The minimum absolute atomic E-state index is 0.0393. The molecule has 3 rings (SSSR count). The lowest BCUT2D eigenvalue weighted by atomic mass is 9.87. The fourth-order valence-electron chi connectivity index (χ4n) is 2.33. The molecule has 1 aliphatic rings. The maximum absolute atomic E-state index is 6.32. The Morgan fingerprint density at radius 3 is 2.35 bits per heavy atom. The predicted molar refractivity (Wildman–Crippen MR) is 81.1 cm³/mol. The normalized spacial score (nSPS) is 15.2. The number of fused-ring (bicyclic) bond motifs is 2. The summed E-state index contributed by atoms with van der Waals surface area (Å²) >= 11 is 6.32. The molecular weight excluding hydrogens is 274 g/mol. The van der Waals surface area contributed by atoms with Gasteiger partial charge in [0.1, 0.15) is 5.15 Å². The standard InChI is InChI=1S/C16H18ClNO2/c1-16(2,3)11-7-10-8-13-14(20-6-4-5-19-13)9-12(10)18-15(11)17/h7-9H,4-6H2,1-3H3. The van der Waals surface area contributed by atoms with Crippen LogP contribution in [0.1, 0.15) is 32.8 Å². The average molecular weight is 292 g/mol. The van der Waals surface area contributed by atoms with E-state index in [1.54, 1.807) is 0 Å². The molecule has 3 nitrogen and oxygen atoms in total. The number of halogens is 1. The molecule has 0 bridgehead atoms. The van der Waals surface area contributed by atoms with Crippen LogP contribution in [-0.4, -0.2) is 18.2 Å². The molecule has 0 spiro atoms. The summed E-state index contributed by atoms with van der Waals surface area (Å²) in [5, 5.41) is 1.59. The van der Waals surface area contributed by atoms with Gasteiger partial charge in [0.25, 0.3) is 0 Å². The topological polar surface area (TPSA) is 31.4 Å². The first-order valence-electron chi connectivity index (χ1n) is 6.85. The number of pyridine rings is 1. The van der Waals surface area contributed by atoms with Gasteiger partial charge in [-0.25, -0.2) is 4.98 Å². The summed E-state index contributed by atoms with van der Waals surface area (Å²) in [4.78, 5) is 4.51. The van der Waals surface area contributed by atoms with Gasteiger partial charge in [0.15, 0.2) is 11.5 Å². The minimum Gasteiger partial charge on any atom is -0.490 e. The molecule has 0 amide bonds. The highest BCUT2D eigenvalue weighted by Gasteiger charge is 2.20. The smallest absolute Gasteiger partial charge is 0.163 e. The van der Waals surface area contributed by atoms with Crippen molar-refractivity contribution in [3.63, 3.8) is 0 Å². The SMILES string of the molecule is CC(C)(C)c1cc2cc3c(cc2nc1Cl)OCCCO3.